The van der Waals surface area contributed by atoms with Crippen LogP contribution in [0.15, 0.2) is 72.9 Å². The molecule has 0 aliphatic heterocycles. The van der Waals surface area contributed by atoms with Crippen LogP contribution in [0.2, 0.25) is 0 Å². The largest absolute Gasteiger partial charge is 0.256 e. The van der Waals surface area contributed by atoms with Gasteiger partial charge >= 0.3 is 0 Å². The highest BCUT2D eigenvalue weighted by Gasteiger charge is 2.21. The molecule has 1 aliphatic rings. The second kappa shape index (κ2) is 5.79. The molecule has 1 aliphatic carbocycles. The Hall–Kier alpha value is -2.93. The zero-order valence-electron chi connectivity index (χ0n) is 16.1. The molecule has 1 aromatic heterocycles. The lowest BCUT2D eigenvalue weighted by Gasteiger charge is -2.18. The summed E-state index contributed by atoms with van der Waals surface area (Å²) in [6.07, 6.45) is 3.00. The first-order valence-electron chi connectivity index (χ1n) is 9.61. The van der Waals surface area contributed by atoms with Gasteiger partial charge in [-0.05, 0) is 74.7 Å². The third kappa shape index (κ3) is 2.75. The Kier molecular flexibility index (Phi) is 3.48. The van der Waals surface area contributed by atoms with E-state index < -0.39 is 0 Å². The van der Waals surface area contributed by atoms with Crippen LogP contribution in [0.3, 0.4) is 0 Å². The molecule has 0 saturated heterocycles. The summed E-state index contributed by atoms with van der Waals surface area (Å²) in [7, 11) is 0. The average molecular weight is 349 g/mol. The number of benzene rings is 3. The highest BCUT2D eigenvalue weighted by molar-refractivity contribution is 6.16. The topological polar surface area (TPSA) is 12.9 Å². The van der Waals surface area contributed by atoms with Crippen molar-refractivity contribution in [2.75, 3.05) is 0 Å². The molecule has 0 fully saturated rings. The van der Waals surface area contributed by atoms with Gasteiger partial charge in [-0.15, -0.1) is 0 Å². The molecule has 5 rings (SSSR count). The summed E-state index contributed by atoms with van der Waals surface area (Å²) in [6, 6.07) is 24.3. The number of rotatable bonds is 2. The van der Waals surface area contributed by atoms with Crippen molar-refractivity contribution in [1.82, 2.24) is 4.98 Å². The van der Waals surface area contributed by atoms with Gasteiger partial charge in [0.25, 0.3) is 0 Å². The first-order valence-corrected chi connectivity index (χ1v) is 9.61. The predicted octanol–water partition coefficient (Wildman–Crippen LogP) is 7.14. The molecule has 0 atom stereocenters. The molecule has 0 saturated carbocycles. The normalized spacial score (nSPS) is 12.4. The van der Waals surface area contributed by atoms with E-state index in [9.17, 15) is 0 Å². The number of nitrogens with zero attached hydrogens (tertiary/aromatic N) is 1. The van der Waals surface area contributed by atoms with Crippen molar-refractivity contribution in [2.24, 2.45) is 5.41 Å². The van der Waals surface area contributed by atoms with Gasteiger partial charge in [-0.2, -0.15) is 0 Å². The second-order valence-corrected chi connectivity index (χ2v) is 8.76. The molecule has 0 radical (unpaired) electrons. The van der Waals surface area contributed by atoms with E-state index in [1.54, 1.807) is 0 Å². The lowest BCUT2D eigenvalue weighted by Crippen LogP contribution is -2.09. The SMILES string of the molecule is CC(C)(C)Cc1ccnc(-c2cc3c4c(cccc4c2)-c2ccccc2-3)c1. The number of fused-ring (bicyclic) bond motifs is 3. The molecule has 0 spiro atoms. The maximum atomic E-state index is 4.69. The van der Waals surface area contributed by atoms with Crippen molar-refractivity contribution in [3.05, 3.63) is 78.5 Å². The molecule has 3 aromatic carbocycles. The van der Waals surface area contributed by atoms with Crippen molar-refractivity contribution in [2.45, 2.75) is 27.2 Å². The van der Waals surface area contributed by atoms with Gasteiger partial charge < -0.3 is 0 Å². The minimum absolute atomic E-state index is 0.268. The van der Waals surface area contributed by atoms with Gasteiger partial charge in [0.2, 0.25) is 0 Å². The summed E-state index contributed by atoms with van der Waals surface area (Å²) in [5, 5.41) is 2.66. The summed E-state index contributed by atoms with van der Waals surface area (Å²) in [5.41, 5.74) is 9.21. The lowest BCUT2D eigenvalue weighted by molar-refractivity contribution is 0.411. The fourth-order valence-corrected chi connectivity index (χ4v) is 4.32. The quantitative estimate of drug-likeness (QED) is 0.330. The van der Waals surface area contributed by atoms with Crippen LogP contribution in [-0.2, 0) is 6.42 Å². The zero-order valence-corrected chi connectivity index (χ0v) is 16.1. The molecule has 1 nitrogen and oxygen atoms in total. The highest BCUT2D eigenvalue weighted by atomic mass is 14.7. The summed E-state index contributed by atoms with van der Waals surface area (Å²) in [5.74, 6) is 0. The van der Waals surface area contributed by atoms with Gasteiger partial charge in [-0.3, -0.25) is 4.98 Å². The smallest absolute Gasteiger partial charge is 0.0705 e. The molecular weight excluding hydrogens is 326 g/mol. The molecule has 1 heteroatoms. The Morgan fingerprint density at radius 1 is 0.741 bits per heavy atom. The summed E-state index contributed by atoms with van der Waals surface area (Å²) in [4.78, 5) is 4.69. The number of hydrogen-bond donors (Lipinski definition) is 0. The fourth-order valence-electron chi connectivity index (χ4n) is 4.32. The first-order chi connectivity index (χ1) is 13.0. The predicted molar refractivity (Wildman–Crippen MR) is 115 cm³/mol. The number of pyridine rings is 1. The summed E-state index contributed by atoms with van der Waals surface area (Å²) < 4.78 is 0. The summed E-state index contributed by atoms with van der Waals surface area (Å²) in [6.45, 7) is 6.84. The van der Waals surface area contributed by atoms with Gasteiger partial charge in [0.15, 0.2) is 0 Å². The molecule has 132 valence electrons. The lowest BCUT2D eigenvalue weighted by atomic mass is 9.88. The Labute approximate surface area is 160 Å². The van der Waals surface area contributed by atoms with E-state index in [-0.39, 0.29) is 5.41 Å². The van der Waals surface area contributed by atoms with Crippen molar-refractivity contribution in [1.29, 1.82) is 0 Å². The minimum atomic E-state index is 0.268. The molecular formula is C26H23N. The Morgan fingerprint density at radius 3 is 2.26 bits per heavy atom. The van der Waals surface area contributed by atoms with E-state index in [2.05, 4.69) is 87.5 Å². The van der Waals surface area contributed by atoms with Gasteiger partial charge in [-0.1, -0.05) is 63.2 Å². The number of aromatic nitrogens is 1. The van der Waals surface area contributed by atoms with Crippen molar-refractivity contribution >= 4 is 10.8 Å². The van der Waals surface area contributed by atoms with Gasteiger partial charge in [0.05, 0.1) is 5.69 Å². The Morgan fingerprint density at radius 2 is 1.48 bits per heavy atom. The molecule has 0 unspecified atom stereocenters. The van der Waals surface area contributed by atoms with Crippen LogP contribution >= 0.6 is 0 Å². The van der Waals surface area contributed by atoms with Crippen LogP contribution in [0.1, 0.15) is 26.3 Å². The summed E-state index contributed by atoms with van der Waals surface area (Å²) >= 11 is 0. The maximum Gasteiger partial charge on any atom is 0.0705 e. The van der Waals surface area contributed by atoms with Crippen LogP contribution in [0.5, 0.6) is 0 Å². The van der Waals surface area contributed by atoms with E-state index in [1.807, 2.05) is 6.20 Å². The standard InChI is InChI=1S/C26H23N/c1-26(2,3)16-17-11-12-27-24(13-17)19-14-18-7-6-10-22-20-8-4-5-9-21(20)23(15-19)25(18)22/h4-15H,16H2,1-3H3. The van der Waals surface area contributed by atoms with Gasteiger partial charge in [0, 0.05) is 11.8 Å². The molecule has 1 heterocycles. The van der Waals surface area contributed by atoms with Crippen LogP contribution in [0.25, 0.3) is 44.3 Å². The molecule has 0 amide bonds. The Bertz CT molecular complexity index is 1180. The minimum Gasteiger partial charge on any atom is -0.256 e. The first kappa shape index (κ1) is 16.3. The van der Waals surface area contributed by atoms with Crippen LogP contribution in [0.4, 0.5) is 0 Å². The van der Waals surface area contributed by atoms with Gasteiger partial charge in [0.1, 0.15) is 0 Å². The van der Waals surface area contributed by atoms with E-state index in [1.165, 1.54) is 44.2 Å². The van der Waals surface area contributed by atoms with Crippen LogP contribution in [0, 0.1) is 5.41 Å². The van der Waals surface area contributed by atoms with Crippen molar-refractivity contribution in [3.63, 3.8) is 0 Å². The molecule has 0 N–H and O–H groups in total. The van der Waals surface area contributed by atoms with E-state index >= 15 is 0 Å². The molecule has 0 bridgehead atoms. The monoisotopic (exact) mass is 349 g/mol. The average Bonchev–Trinajstić information content (AvgIpc) is 2.97. The number of hydrogen-bond acceptors (Lipinski definition) is 1. The van der Waals surface area contributed by atoms with E-state index in [0.717, 1.165) is 12.1 Å². The van der Waals surface area contributed by atoms with Crippen molar-refractivity contribution in [3.8, 4) is 33.5 Å². The van der Waals surface area contributed by atoms with Crippen LogP contribution in [-0.4, -0.2) is 4.98 Å². The molecule has 27 heavy (non-hydrogen) atoms. The van der Waals surface area contributed by atoms with Gasteiger partial charge in [-0.25, -0.2) is 0 Å². The van der Waals surface area contributed by atoms with E-state index in [4.69, 9.17) is 4.98 Å². The zero-order chi connectivity index (χ0) is 18.6. The third-order valence-corrected chi connectivity index (χ3v) is 5.34. The van der Waals surface area contributed by atoms with Crippen LogP contribution < -0.4 is 0 Å². The molecule has 4 aromatic rings. The maximum absolute atomic E-state index is 4.69. The van der Waals surface area contributed by atoms with E-state index in [0.29, 0.717) is 0 Å². The fraction of sp³-hybridized carbons (Fsp3) is 0.192. The Balaban J connectivity index is 1.70. The second-order valence-electron chi connectivity index (χ2n) is 8.76. The highest BCUT2D eigenvalue weighted by Crippen LogP contribution is 2.48. The van der Waals surface area contributed by atoms with Crippen molar-refractivity contribution < 1.29 is 0 Å². The third-order valence-electron chi connectivity index (χ3n) is 5.34.